The molecule has 98 valence electrons. The third-order valence-electron chi connectivity index (χ3n) is 3.91. The predicted octanol–water partition coefficient (Wildman–Crippen LogP) is 3.36. The van der Waals surface area contributed by atoms with E-state index >= 15 is 0 Å². The average molecular weight is 247 g/mol. The fourth-order valence-corrected chi connectivity index (χ4v) is 2.73. The fraction of sp³-hybridized carbons (Fsp3) is 0.533. The molecule has 0 bridgehead atoms. The molecule has 1 saturated carbocycles. The molecule has 1 aromatic rings. The molecule has 0 radical (unpaired) electrons. The Labute approximate surface area is 108 Å². The molecule has 3 heteroatoms. The number of aryl methyl sites for hydroxylation is 2. The number of carboxylic acid groups (broad SMARTS) is 1. The highest BCUT2D eigenvalue weighted by Crippen LogP contribution is 2.29. The van der Waals surface area contributed by atoms with Gasteiger partial charge in [-0.2, -0.15) is 0 Å². The Morgan fingerprint density at radius 2 is 1.72 bits per heavy atom. The monoisotopic (exact) mass is 247 g/mol. The van der Waals surface area contributed by atoms with E-state index < -0.39 is 5.97 Å². The molecule has 2 N–H and O–H groups in total. The molecule has 2 rings (SSSR count). The van der Waals surface area contributed by atoms with Crippen LogP contribution in [0.3, 0.4) is 0 Å². The van der Waals surface area contributed by atoms with Crippen LogP contribution in [0.2, 0.25) is 0 Å². The zero-order valence-electron chi connectivity index (χ0n) is 11.1. The first-order valence-corrected chi connectivity index (χ1v) is 6.63. The van der Waals surface area contributed by atoms with E-state index in [1.54, 1.807) is 0 Å². The Hall–Kier alpha value is -1.51. The third kappa shape index (κ3) is 2.84. The van der Waals surface area contributed by atoms with Gasteiger partial charge >= 0.3 is 5.97 Å². The Bertz CT molecular complexity index is 414. The smallest absolute Gasteiger partial charge is 0.306 e. The molecule has 18 heavy (non-hydrogen) atoms. The molecule has 1 fully saturated rings. The van der Waals surface area contributed by atoms with E-state index in [9.17, 15) is 4.79 Å². The van der Waals surface area contributed by atoms with E-state index in [1.807, 2.05) is 0 Å². The molecule has 0 saturated heterocycles. The van der Waals surface area contributed by atoms with Crippen molar-refractivity contribution in [3.05, 3.63) is 29.3 Å². The minimum absolute atomic E-state index is 0.138. The molecule has 0 atom stereocenters. The van der Waals surface area contributed by atoms with Gasteiger partial charge in [0.15, 0.2) is 0 Å². The van der Waals surface area contributed by atoms with Gasteiger partial charge in [-0.3, -0.25) is 4.79 Å². The highest BCUT2D eigenvalue weighted by Gasteiger charge is 2.26. The van der Waals surface area contributed by atoms with Gasteiger partial charge in [0.05, 0.1) is 5.92 Å². The van der Waals surface area contributed by atoms with Crippen molar-refractivity contribution in [2.24, 2.45) is 5.92 Å². The van der Waals surface area contributed by atoms with Gasteiger partial charge in [-0.25, -0.2) is 0 Å². The van der Waals surface area contributed by atoms with Crippen molar-refractivity contribution in [3.8, 4) is 0 Å². The fourth-order valence-electron chi connectivity index (χ4n) is 2.73. The van der Waals surface area contributed by atoms with Crippen LogP contribution in [0.4, 0.5) is 5.69 Å². The number of rotatable bonds is 3. The standard InChI is InChI=1S/C15H21NO2/c1-10-4-3-5-11(2)14(10)16-13-8-6-12(7-9-13)15(17)18/h3-5,12-13,16H,6-9H2,1-2H3,(H,17,18). The second kappa shape index (κ2) is 5.42. The molecule has 0 heterocycles. The molecule has 1 aliphatic rings. The molecule has 1 aliphatic carbocycles. The summed E-state index contributed by atoms with van der Waals surface area (Å²) in [6, 6.07) is 6.70. The van der Waals surface area contributed by atoms with Crippen LogP contribution < -0.4 is 5.32 Å². The molecule has 1 aromatic carbocycles. The Kier molecular flexibility index (Phi) is 3.90. The van der Waals surface area contributed by atoms with Crippen molar-refractivity contribution in [1.82, 2.24) is 0 Å². The first kappa shape index (κ1) is 12.9. The maximum Gasteiger partial charge on any atom is 0.306 e. The maximum atomic E-state index is 10.9. The first-order valence-electron chi connectivity index (χ1n) is 6.63. The molecule has 0 amide bonds. The van der Waals surface area contributed by atoms with Crippen molar-refractivity contribution in [1.29, 1.82) is 0 Å². The lowest BCUT2D eigenvalue weighted by atomic mass is 9.86. The van der Waals surface area contributed by atoms with Gasteiger partial charge < -0.3 is 10.4 Å². The van der Waals surface area contributed by atoms with Crippen LogP contribution in [0.25, 0.3) is 0 Å². The van der Waals surface area contributed by atoms with Crippen LogP contribution in [0.15, 0.2) is 18.2 Å². The summed E-state index contributed by atoms with van der Waals surface area (Å²) in [4.78, 5) is 10.9. The second-order valence-electron chi connectivity index (χ2n) is 5.30. The number of hydrogen-bond acceptors (Lipinski definition) is 2. The quantitative estimate of drug-likeness (QED) is 0.861. The average Bonchev–Trinajstić information content (AvgIpc) is 2.34. The lowest BCUT2D eigenvalue weighted by Gasteiger charge is -2.28. The second-order valence-corrected chi connectivity index (χ2v) is 5.30. The number of para-hydroxylation sites is 1. The highest BCUT2D eigenvalue weighted by atomic mass is 16.4. The Morgan fingerprint density at radius 1 is 1.17 bits per heavy atom. The lowest BCUT2D eigenvalue weighted by molar-refractivity contribution is -0.142. The van der Waals surface area contributed by atoms with Gasteiger partial charge in [0.1, 0.15) is 0 Å². The summed E-state index contributed by atoms with van der Waals surface area (Å²) in [6.07, 6.45) is 3.48. The normalized spacial score (nSPS) is 23.7. The van der Waals surface area contributed by atoms with E-state index in [0.717, 1.165) is 25.7 Å². The number of anilines is 1. The van der Waals surface area contributed by atoms with Gasteiger partial charge in [0, 0.05) is 11.7 Å². The van der Waals surface area contributed by atoms with Crippen molar-refractivity contribution < 1.29 is 9.90 Å². The van der Waals surface area contributed by atoms with Gasteiger partial charge in [-0.1, -0.05) is 18.2 Å². The zero-order chi connectivity index (χ0) is 13.1. The molecular formula is C15H21NO2. The van der Waals surface area contributed by atoms with Crippen LogP contribution >= 0.6 is 0 Å². The molecule has 0 aliphatic heterocycles. The van der Waals surface area contributed by atoms with Crippen molar-refractivity contribution in [2.75, 3.05) is 5.32 Å². The van der Waals surface area contributed by atoms with Gasteiger partial charge in [-0.05, 0) is 50.7 Å². The van der Waals surface area contributed by atoms with Crippen LogP contribution in [0, 0.1) is 19.8 Å². The van der Waals surface area contributed by atoms with Gasteiger partial charge in [-0.15, -0.1) is 0 Å². The maximum absolute atomic E-state index is 10.9. The number of carbonyl (C=O) groups is 1. The number of nitrogens with one attached hydrogen (secondary N) is 1. The largest absolute Gasteiger partial charge is 0.481 e. The van der Waals surface area contributed by atoms with Crippen LogP contribution in [0.1, 0.15) is 36.8 Å². The summed E-state index contributed by atoms with van der Waals surface area (Å²) in [6.45, 7) is 4.22. The van der Waals surface area contributed by atoms with E-state index in [-0.39, 0.29) is 5.92 Å². The van der Waals surface area contributed by atoms with E-state index in [2.05, 4.69) is 37.4 Å². The lowest BCUT2D eigenvalue weighted by Crippen LogP contribution is -2.29. The van der Waals surface area contributed by atoms with Crippen LogP contribution in [-0.2, 0) is 4.79 Å². The summed E-state index contributed by atoms with van der Waals surface area (Å²) < 4.78 is 0. The van der Waals surface area contributed by atoms with Gasteiger partial charge in [0.2, 0.25) is 0 Å². The predicted molar refractivity (Wildman–Crippen MR) is 72.9 cm³/mol. The number of aliphatic carboxylic acids is 1. The minimum atomic E-state index is -0.638. The molecule has 0 aromatic heterocycles. The summed E-state index contributed by atoms with van der Waals surface area (Å²) in [7, 11) is 0. The zero-order valence-corrected chi connectivity index (χ0v) is 11.1. The summed E-state index contributed by atoms with van der Waals surface area (Å²) >= 11 is 0. The summed E-state index contributed by atoms with van der Waals surface area (Å²) in [5, 5.41) is 12.6. The Morgan fingerprint density at radius 3 is 2.22 bits per heavy atom. The SMILES string of the molecule is Cc1cccc(C)c1NC1CCC(C(=O)O)CC1. The van der Waals surface area contributed by atoms with Crippen LogP contribution in [0.5, 0.6) is 0 Å². The topological polar surface area (TPSA) is 49.3 Å². The molecule has 3 nitrogen and oxygen atoms in total. The van der Waals surface area contributed by atoms with Crippen molar-refractivity contribution in [2.45, 2.75) is 45.6 Å². The molecular weight excluding hydrogens is 226 g/mol. The number of carboxylic acids is 1. The summed E-state index contributed by atoms with van der Waals surface area (Å²) in [5.74, 6) is -0.776. The van der Waals surface area contributed by atoms with E-state index in [1.165, 1.54) is 16.8 Å². The minimum Gasteiger partial charge on any atom is -0.481 e. The number of hydrogen-bond donors (Lipinski definition) is 2. The van der Waals surface area contributed by atoms with Crippen LogP contribution in [-0.4, -0.2) is 17.1 Å². The Balaban J connectivity index is 1.98. The van der Waals surface area contributed by atoms with Crippen molar-refractivity contribution in [3.63, 3.8) is 0 Å². The molecule has 0 unspecified atom stereocenters. The van der Waals surface area contributed by atoms with Crippen molar-refractivity contribution >= 4 is 11.7 Å². The summed E-state index contributed by atoms with van der Waals surface area (Å²) in [5.41, 5.74) is 3.74. The number of benzene rings is 1. The van der Waals surface area contributed by atoms with E-state index in [4.69, 9.17) is 5.11 Å². The first-order chi connectivity index (χ1) is 8.58. The van der Waals surface area contributed by atoms with Gasteiger partial charge in [0.25, 0.3) is 0 Å². The molecule has 0 spiro atoms. The highest BCUT2D eigenvalue weighted by molar-refractivity contribution is 5.70. The van der Waals surface area contributed by atoms with E-state index in [0.29, 0.717) is 6.04 Å². The third-order valence-corrected chi connectivity index (χ3v) is 3.91.